The van der Waals surface area contributed by atoms with Crippen molar-refractivity contribution in [3.05, 3.63) is 78.1 Å². The van der Waals surface area contributed by atoms with Gasteiger partial charge in [0.15, 0.2) is 17.4 Å². The number of carbonyl (C=O) groups is 2. The number of hydrogen-bond donors (Lipinski definition) is 5. The number of fused-ring (bicyclic) bond motifs is 1. The topological polar surface area (TPSA) is 231 Å². The molecule has 2 unspecified atom stereocenters. The Morgan fingerprint density at radius 3 is 1.94 bits per heavy atom. The van der Waals surface area contributed by atoms with Crippen molar-refractivity contribution in [3.63, 3.8) is 0 Å². The molecule has 5 rings (SSSR count). The van der Waals surface area contributed by atoms with Crippen LogP contribution in [0.5, 0.6) is 5.88 Å². The van der Waals surface area contributed by atoms with Gasteiger partial charge in [-0.15, -0.1) is 0 Å². The molecule has 292 valence electrons. The number of hydrogen-bond acceptors (Lipinski definition) is 14. The van der Waals surface area contributed by atoms with Gasteiger partial charge in [-0.3, -0.25) is 18.7 Å². The molecule has 0 radical (unpaired) electrons. The minimum atomic E-state index is -4.50. The third-order valence-corrected chi connectivity index (χ3v) is 10.3. The molecule has 0 amide bonds. The minimum Gasteiger partial charge on any atom is -0.479 e. The number of imidazole rings is 1. The molecule has 1 aliphatic rings. The molecule has 6 N–H and O–H groups in total. The molecule has 3 heterocycles. The Bertz CT molecular complexity index is 1860. The Balaban J connectivity index is 1.48. The van der Waals surface area contributed by atoms with Gasteiger partial charge in [0.2, 0.25) is 11.8 Å². The van der Waals surface area contributed by atoms with E-state index >= 15 is 4.57 Å². The molecule has 0 saturated carbocycles. The number of aliphatic hydroxyl groups excluding tert-OH is 1. The third-order valence-electron chi connectivity index (χ3n) is 8.52. The van der Waals surface area contributed by atoms with E-state index < -0.39 is 74.5 Å². The fourth-order valence-corrected chi connectivity index (χ4v) is 7.79. The molecule has 17 nitrogen and oxygen atoms in total. The van der Waals surface area contributed by atoms with Gasteiger partial charge in [-0.05, 0) is 58.6 Å². The van der Waals surface area contributed by atoms with Crippen molar-refractivity contribution in [3.8, 4) is 5.88 Å². The number of rotatable bonds is 17. The maximum Gasteiger partial charge on any atom is 0.342 e. The van der Waals surface area contributed by atoms with E-state index in [2.05, 4.69) is 25.1 Å². The summed E-state index contributed by atoms with van der Waals surface area (Å²) >= 11 is 0. The number of methoxy groups -OCH3 is 1. The van der Waals surface area contributed by atoms with Crippen LogP contribution in [0, 0.1) is 0 Å². The van der Waals surface area contributed by atoms with Gasteiger partial charge in [0.25, 0.3) is 0 Å². The van der Waals surface area contributed by atoms with Crippen molar-refractivity contribution in [2.24, 2.45) is 0 Å². The number of nitrogens with zero attached hydrogens (tertiary/aromatic N) is 4. The number of benzene rings is 2. The maximum atomic E-state index is 15.1. The summed E-state index contributed by atoms with van der Waals surface area (Å²) in [6, 6.07) is 15.6. The Morgan fingerprint density at radius 1 is 0.944 bits per heavy atom. The molecule has 0 spiro atoms. The van der Waals surface area contributed by atoms with Gasteiger partial charge in [-0.2, -0.15) is 9.97 Å². The lowest BCUT2D eigenvalue weighted by Gasteiger charge is -2.30. The lowest BCUT2D eigenvalue weighted by atomic mass is 9.96. The van der Waals surface area contributed by atoms with E-state index in [9.17, 15) is 19.8 Å². The Morgan fingerprint density at radius 2 is 1.46 bits per heavy atom. The highest BCUT2D eigenvalue weighted by molar-refractivity contribution is 7.54. The zero-order chi connectivity index (χ0) is 39.2. The summed E-state index contributed by atoms with van der Waals surface area (Å²) < 4.78 is 45.0. The second-order valence-electron chi connectivity index (χ2n) is 13.7. The van der Waals surface area contributed by atoms with Crippen LogP contribution in [0.3, 0.4) is 0 Å². The third kappa shape index (κ3) is 9.78. The molecule has 1 saturated heterocycles. The van der Waals surface area contributed by atoms with Gasteiger partial charge in [0.05, 0.1) is 32.3 Å². The zero-order valence-electron chi connectivity index (χ0n) is 31.0. The lowest BCUT2D eigenvalue weighted by Crippen LogP contribution is -2.48. The monoisotopic (exact) mass is 769 g/mol. The van der Waals surface area contributed by atoms with Crippen LogP contribution in [0.15, 0.2) is 67.0 Å². The maximum absolute atomic E-state index is 15.1. The summed E-state index contributed by atoms with van der Waals surface area (Å²) in [4.78, 5) is 39.6. The van der Waals surface area contributed by atoms with E-state index in [1.807, 2.05) is 12.1 Å². The number of nitrogens with two attached hydrogens (primary N) is 1. The smallest absolute Gasteiger partial charge is 0.342 e. The molecule has 0 aliphatic carbocycles. The summed E-state index contributed by atoms with van der Waals surface area (Å²) in [5.74, 6) is -1.46. The highest BCUT2D eigenvalue weighted by Gasteiger charge is 2.54. The van der Waals surface area contributed by atoms with E-state index in [4.69, 9.17) is 29.2 Å². The van der Waals surface area contributed by atoms with Crippen LogP contribution in [0.25, 0.3) is 11.2 Å². The number of aromatic nitrogens is 4. The molecule has 2 aromatic carbocycles. The number of carbonyl (C=O) groups excluding carboxylic acids is 2. The Labute approximate surface area is 313 Å². The second-order valence-corrected chi connectivity index (χ2v) is 15.6. The van der Waals surface area contributed by atoms with Crippen LogP contribution >= 0.6 is 7.67 Å². The quantitative estimate of drug-likeness (QED) is 0.0768. The van der Waals surface area contributed by atoms with E-state index in [0.29, 0.717) is 0 Å². The first-order chi connectivity index (χ1) is 25.6. The Kier molecular flexibility index (Phi) is 13.1. The number of esters is 2. The van der Waals surface area contributed by atoms with E-state index in [0.717, 1.165) is 11.1 Å². The van der Waals surface area contributed by atoms with Crippen LogP contribution in [-0.2, 0) is 45.7 Å². The summed E-state index contributed by atoms with van der Waals surface area (Å²) in [5, 5.41) is 28.6. The van der Waals surface area contributed by atoms with E-state index in [1.165, 1.54) is 24.9 Å². The van der Waals surface area contributed by atoms with Crippen molar-refractivity contribution in [2.75, 3.05) is 19.5 Å². The van der Waals surface area contributed by atoms with Gasteiger partial charge in [0.1, 0.15) is 29.9 Å². The molecular formula is C36H48N7O10P. The van der Waals surface area contributed by atoms with Crippen LogP contribution in [-0.4, -0.2) is 97.5 Å². The van der Waals surface area contributed by atoms with Crippen LogP contribution in [0.2, 0.25) is 0 Å². The summed E-state index contributed by atoms with van der Waals surface area (Å²) in [6.07, 6.45) is -3.78. The zero-order valence-corrected chi connectivity index (χ0v) is 31.9. The first-order valence-electron chi connectivity index (χ1n) is 17.5. The lowest BCUT2D eigenvalue weighted by molar-refractivity contribution is -0.150. The number of nitrogen functional groups attached to an aromatic ring is 1. The van der Waals surface area contributed by atoms with Crippen molar-refractivity contribution in [2.45, 2.75) is 95.8 Å². The number of aliphatic hydroxyl groups is 2. The molecular weight excluding hydrogens is 721 g/mol. The molecule has 54 heavy (non-hydrogen) atoms. The summed E-state index contributed by atoms with van der Waals surface area (Å²) in [5.41, 5.74) is 5.77. The molecule has 4 aromatic rings. The van der Waals surface area contributed by atoms with Crippen molar-refractivity contribution in [1.82, 2.24) is 29.7 Å². The molecule has 1 fully saturated rings. The minimum absolute atomic E-state index is 0.0444. The first-order valence-corrected chi connectivity index (χ1v) is 19.1. The number of nitrogens with one attached hydrogen (secondary N) is 2. The molecule has 1 aliphatic heterocycles. The average Bonchev–Trinajstić information content (AvgIpc) is 3.63. The predicted octanol–water partition coefficient (Wildman–Crippen LogP) is 2.86. The van der Waals surface area contributed by atoms with Crippen molar-refractivity contribution >= 4 is 36.7 Å². The summed E-state index contributed by atoms with van der Waals surface area (Å²) in [6.45, 7) is 7.50. The standard InChI is InChI=1S/C36H48N7O10P/c1-21(2)51-32(45)25(17-23-13-9-7-10-14-23)41-54(48,42-26(33(46)52-22(3)4)18-24-15-11-8-12-16-24)50-19-27-29(44)36(5,47)34(53-27)43-20-38-28-30(43)39-35(37)40-31(28)49-6/h7-16,20-22,25-27,29,34,44,47H,17-19H2,1-6H3,(H2,37,39,40)(H2,41,42,48)/t25?,26?,27-,29-,34-,36-,54?/m1/s1. The normalized spacial score (nSPS) is 22.2. The van der Waals surface area contributed by atoms with Crippen LogP contribution < -0.4 is 20.6 Å². The van der Waals surface area contributed by atoms with Gasteiger partial charge >= 0.3 is 19.6 Å². The van der Waals surface area contributed by atoms with Crippen LogP contribution in [0.1, 0.15) is 52.0 Å². The van der Waals surface area contributed by atoms with Crippen molar-refractivity contribution in [1.29, 1.82) is 0 Å². The fourth-order valence-electron chi connectivity index (χ4n) is 5.99. The van der Waals surface area contributed by atoms with Gasteiger partial charge in [0, 0.05) is 0 Å². The SMILES string of the molecule is COc1nc(N)nc2c1ncn2[C@@H]1O[C@H](COP(=O)(NC(Cc2ccccc2)C(=O)OC(C)C)NC(Cc2ccccc2)C(=O)OC(C)C)[C@@H](O)[C@@]1(C)O. The first kappa shape index (κ1) is 40.7. The largest absolute Gasteiger partial charge is 0.479 e. The van der Waals surface area contributed by atoms with Gasteiger partial charge in [-0.1, -0.05) is 60.7 Å². The molecule has 0 bridgehead atoms. The molecule has 2 aromatic heterocycles. The number of ether oxygens (including phenoxy) is 4. The molecule has 18 heteroatoms. The number of anilines is 1. The highest BCUT2D eigenvalue weighted by atomic mass is 31.2. The molecule has 6 atom stereocenters. The van der Waals surface area contributed by atoms with Crippen molar-refractivity contribution < 1.29 is 47.8 Å². The van der Waals surface area contributed by atoms with E-state index in [1.54, 1.807) is 76.2 Å². The average molecular weight is 770 g/mol. The Hall–Kier alpha value is -4.48. The summed E-state index contributed by atoms with van der Waals surface area (Å²) in [7, 11) is -3.12. The predicted molar refractivity (Wildman–Crippen MR) is 197 cm³/mol. The van der Waals surface area contributed by atoms with Crippen LogP contribution in [0.4, 0.5) is 5.95 Å². The second kappa shape index (κ2) is 17.3. The van der Waals surface area contributed by atoms with Gasteiger partial charge in [-0.25, -0.2) is 15.2 Å². The van der Waals surface area contributed by atoms with E-state index in [-0.39, 0.29) is 35.8 Å². The van der Waals surface area contributed by atoms with Gasteiger partial charge < -0.3 is 39.4 Å². The fraction of sp³-hybridized carbons (Fsp3) is 0.472. The highest BCUT2D eigenvalue weighted by Crippen LogP contribution is 2.44.